The number of aromatic hydroxyl groups is 1. The van der Waals surface area contributed by atoms with E-state index in [9.17, 15) is 19.5 Å². The van der Waals surface area contributed by atoms with Crippen LogP contribution in [0.1, 0.15) is 10.4 Å². The highest BCUT2D eigenvalue weighted by Gasteiger charge is 2.23. The Morgan fingerprint density at radius 2 is 2.15 bits per heavy atom. The van der Waals surface area contributed by atoms with Gasteiger partial charge in [-0.3, -0.25) is 9.59 Å². The van der Waals surface area contributed by atoms with Crippen molar-refractivity contribution < 1.29 is 29.3 Å². The molecule has 108 valence electrons. The van der Waals surface area contributed by atoms with Gasteiger partial charge in [0.25, 0.3) is 5.91 Å². The molecule has 0 unspecified atom stereocenters. The summed E-state index contributed by atoms with van der Waals surface area (Å²) in [5.74, 6) is -2.05. The highest BCUT2D eigenvalue weighted by atomic mass is 16.5. The standard InChI is InChI=1S/C12H14N2O6/c1-20-12(19)9(5-15)14-11(18)7-3-2-4-8(10(7)17)13-6-16/h2-4,6,9,15,17H,5H2,1H3,(H,13,16)(H,14,18)/t9-/m1/s1. The second kappa shape index (κ2) is 7.10. The van der Waals surface area contributed by atoms with E-state index < -0.39 is 30.3 Å². The summed E-state index contributed by atoms with van der Waals surface area (Å²) in [4.78, 5) is 33.5. The number of aliphatic hydroxyl groups excluding tert-OH is 1. The Labute approximate surface area is 114 Å². The van der Waals surface area contributed by atoms with Crippen molar-refractivity contribution in [3.8, 4) is 5.75 Å². The number of amides is 2. The smallest absolute Gasteiger partial charge is 0.330 e. The zero-order valence-corrected chi connectivity index (χ0v) is 10.6. The Balaban J connectivity index is 2.94. The average Bonchev–Trinajstić information content (AvgIpc) is 2.46. The maximum Gasteiger partial charge on any atom is 0.330 e. The Hall–Kier alpha value is -2.61. The highest BCUT2D eigenvalue weighted by Crippen LogP contribution is 2.26. The van der Waals surface area contributed by atoms with Crippen LogP contribution in [0.3, 0.4) is 0 Å². The molecular formula is C12H14N2O6. The molecule has 0 aliphatic heterocycles. The van der Waals surface area contributed by atoms with Crippen LogP contribution in [0.2, 0.25) is 0 Å². The van der Waals surface area contributed by atoms with Crippen molar-refractivity contribution in [2.45, 2.75) is 6.04 Å². The molecule has 1 aromatic rings. The predicted octanol–water partition coefficient (Wildman–Crippen LogP) is -0.776. The van der Waals surface area contributed by atoms with Gasteiger partial charge in [-0.05, 0) is 12.1 Å². The molecule has 1 aromatic carbocycles. The van der Waals surface area contributed by atoms with Gasteiger partial charge in [-0.1, -0.05) is 6.07 Å². The fraction of sp³-hybridized carbons (Fsp3) is 0.250. The number of phenols is 1. The van der Waals surface area contributed by atoms with Gasteiger partial charge in [-0.25, -0.2) is 4.79 Å². The molecule has 0 spiro atoms. The van der Waals surface area contributed by atoms with Gasteiger partial charge >= 0.3 is 5.97 Å². The van der Waals surface area contributed by atoms with Crippen LogP contribution in [0.15, 0.2) is 18.2 Å². The lowest BCUT2D eigenvalue weighted by Gasteiger charge is -2.15. The van der Waals surface area contributed by atoms with Gasteiger partial charge in [-0.2, -0.15) is 0 Å². The molecule has 20 heavy (non-hydrogen) atoms. The molecule has 0 fully saturated rings. The minimum Gasteiger partial charge on any atom is -0.505 e. The van der Waals surface area contributed by atoms with Crippen molar-refractivity contribution in [2.24, 2.45) is 0 Å². The third-order valence-corrected chi connectivity index (χ3v) is 2.47. The van der Waals surface area contributed by atoms with Crippen molar-refractivity contribution in [2.75, 3.05) is 19.0 Å². The van der Waals surface area contributed by atoms with Crippen LogP contribution in [0.4, 0.5) is 5.69 Å². The van der Waals surface area contributed by atoms with E-state index in [0.29, 0.717) is 6.41 Å². The first-order valence-electron chi connectivity index (χ1n) is 5.56. The van der Waals surface area contributed by atoms with E-state index in [2.05, 4.69) is 15.4 Å². The van der Waals surface area contributed by atoms with Gasteiger partial charge < -0.3 is 25.6 Å². The third-order valence-electron chi connectivity index (χ3n) is 2.47. The Bertz CT molecular complexity index is 517. The summed E-state index contributed by atoms with van der Waals surface area (Å²) in [6.07, 6.45) is 0.349. The van der Waals surface area contributed by atoms with E-state index in [1.54, 1.807) is 0 Å². The maximum absolute atomic E-state index is 11.9. The van der Waals surface area contributed by atoms with Crippen molar-refractivity contribution in [3.05, 3.63) is 23.8 Å². The number of hydrogen-bond donors (Lipinski definition) is 4. The second-order valence-electron chi connectivity index (χ2n) is 3.70. The molecule has 8 heteroatoms. The quantitative estimate of drug-likeness (QED) is 0.308. The number of esters is 1. The number of anilines is 1. The number of rotatable bonds is 6. The third kappa shape index (κ3) is 3.45. The Morgan fingerprint density at radius 1 is 1.45 bits per heavy atom. The molecule has 2 amide bonds. The zero-order chi connectivity index (χ0) is 15.1. The molecular weight excluding hydrogens is 268 g/mol. The van der Waals surface area contributed by atoms with Crippen molar-refractivity contribution in [1.29, 1.82) is 0 Å². The van der Waals surface area contributed by atoms with Crippen molar-refractivity contribution >= 4 is 24.0 Å². The van der Waals surface area contributed by atoms with Crippen LogP contribution < -0.4 is 10.6 Å². The van der Waals surface area contributed by atoms with Crippen molar-refractivity contribution in [1.82, 2.24) is 5.32 Å². The summed E-state index contributed by atoms with van der Waals surface area (Å²) in [7, 11) is 1.11. The predicted molar refractivity (Wildman–Crippen MR) is 68.1 cm³/mol. The van der Waals surface area contributed by atoms with Crippen LogP contribution in [-0.4, -0.2) is 48.3 Å². The van der Waals surface area contributed by atoms with Gasteiger partial charge in [0.15, 0.2) is 11.8 Å². The topological polar surface area (TPSA) is 125 Å². The number of hydrogen-bond acceptors (Lipinski definition) is 6. The first-order chi connectivity index (χ1) is 9.54. The van der Waals surface area contributed by atoms with Gasteiger partial charge in [0, 0.05) is 0 Å². The molecule has 0 saturated carbocycles. The molecule has 0 radical (unpaired) electrons. The first kappa shape index (κ1) is 15.4. The number of ether oxygens (including phenoxy) is 1. The SMILES string of the molecule is COC(=O)[C@@H](CO)NC(=O)c1cccc(NC=O)c1O. The number of phenolic OH excluding ortho intramolecular Hbond substituents is 1. The van der Waals surface area contributed by atoms with Crippen LogP contribution in [0.5, 0.6) is 5.75 Å². The summed E-state index contributed by atoms with van der Waals surface area (Å²) < 4.78 is 4.40. The van der Waals surface area contributed by atoms with E-state index in [0.717, 1.165) is 7.11 Å². The number of aliphatic hydroxyl groups is 1. The molecule has 0 aliphatic rings. The van der Waals surface area contributed by atoms with E-state index in [-0.39, 0.29) is 11.3 Å². The molecule has 1 atom stereocenters. The highest BCUT2D eigenvalue weighted by molar-refractivity contribution is 6.01. The largest absolute Gasteiger partial charge is 0.505 e. The summed E-state index contributed by atoms with van der Waals surface area (Å²) in [6, 6.07) is 2.89. The van der Waals surface area contributed by atoms with E-state index >= 15 is 0 Å². The average molecular weight is 282 g/mol. The fourth-order valence-corrected chi connectivity index (χ4v) is 1.46. The first-order valence-corrected chi connectivity index (χ1v) is 5.56. The van der Waals surface area contributed by atoms with Crippen molar-refractivity contribution in [3.63, 3.8) is 0 Å². The fourth-order valence-electron chi connectivity index (χ4n) is 1.46. The van der Waals surface area contributed by atoms with Crippen LogP contribution in [0.25, 0.3) is 0 Å². The number of benzene rings is 1. The number of para-hydroxylation sites is 1. The summed E-state index contributed by atoms with van der Waals surface area (Å²) in [5.41, 5.74) is -0.106. The molecule has 0 aliphatic carbocycles. The maximum atomic E-state index is 11.9. The van der Waals surface area contributed by atoms with Crippen LogP contribution in [-0.2, 0) is 14.3 Å². The Morgan fingerprint density at radius 3 is 2.70 bits per heavy atom. The number of carbonyl (C=O) groups excluding carboxylic acids is 3. The van der Waals surface area contributed by atoms with E-state index in [1.165, 1.54) is 18.2 Å². The molecule has 0 bridgehead atoms. The summed E-state index contributed by atoms with van der Waals surface area (Å²) in [5, 5.41) is 23.2. The molecule has 1 rings (SSSR count). The summed E-state index contributed by atoms with van der Waals surface area (Å²) >= 11 is 0. The van der Waals surface area contributed by atoms with Crippen LogP contribution in [0, 0.1) is 0 Å². The molecule has 8 nitrogen and oxygen atoms in total. The van der Waals surface area contributed by atoms with Gasteiger partial charge in [0.2, 0.25) is 6.41 Å². The zero-order valence-electron chi connectivity index (χ0n) is 10.6. The minimum absolute atomic E-state index is 0.0475. The molecule has 0 saturated heterocycles. The number of nitrogens with one attached hydrogen (secondary N) is 2. The van der Waals surface area contributed by atoms with Gasteiger partial charge in [0.1, 0.15) is 0 Å². The second-order valence-corrected chi connectivity index (χ2v) is 3.70. The minimum atomic E-state index is -1.24. The monoisotopic (exact) mass is 282 g/mol. The van der Waals surface area contributed by atoms with Crippen LogP contribution >= 0.6 is 0 Å². The lowest BCUT2D eigenvalue weighted by Crippen LogP contribution is -2.44. The molecule has 4 N–H and O–H groups in total. The lowest BCUT2D eigenvalue weighted by molar-refractivity contribution is -0.143. The van der Waals surface area contributed by atoms with E-state index in [1.807, 2.05) is 0 Å². The van der Waals surface area contributed by atoms with Gasteiger partial charge in [-0.15, -0.1) is 0 Å². The number of methoxy groups -OCH3 is 1. The van der Waals surface area contributed by atoms with E-state index in [4.69, 9.17) is 5.11 Å². The Kier molecular flexibility index (Phi) is 5.48. The summed E-state index contributed by atoms with van der Waals surface area (Å²) in [6.45, 7) is -0.647. The lowest BCUT2D eigenvalue weighted by atomic mass is 10.1. The molecule has 0 aromatic heterocycles. The molecule has 0 heterocycles. The van der Waals surface area contributed by atoms with Gasteiger partial charge in [0.05, 0.1) is 25.0 Å². The normalized spacial score (nSPS) is 11.3. The number of carbonyl (C=O) groups is 3.